The van der Waals surface area contributed by atoms with Crippen molar-refractivity contribution in [1.29, 1.82) is 0 Å². The summed E-state index contributed by atoms with van der Waals surface area (Å²) in [7, 11) is 1.27. The van der Waals surface area contributed by atoms with Crippen molar-refractivity contribution >= 4 is 18.0 Å². The minimum atomic E-state index is -1.17. The van der Waals surface area contributed by atoms with Gasteiger partial charge >= 0.3 is 12.1 Å². The number of nitrogens with one attached hydrogen (secondary N) is 2. The third-order valence-electron chi connectivity index (χ3n) is 4.20. The van der Waals surface area contributed by atoms with E-state index in [0.29, 0.717) is 13.0 Å². The minimum absolute atomic E-state index is 0.0516. The zero-order valence-electron chi connectivity index (χ0n) is 13.6. The van der Waals surface area contributed by atoms with Gasteiger partial charge in [-0.05, 0) is 46.5 Å². The molecule has 0 atom stereocenters. The lowest BCUT2D eigenvalue weighted by molar-refractivity contribution is -0.167. The molecular weight excluding hydrogens is 288 g/mol. The molecule has 2 aliphatic rings. The Kier molecular flexibility index (Phi) is 4.10. The number of carbonyl (C=O) groups excluding carboxylic acids is 3. The lowest BCUT2D eigenvalue weighted by atomic mass is 9.54. The molecule has 1 spiro atoms. The number of methoxy groups -OCH3 is 1. The molecule has 1 saturated heterocycles. The second-order valence-electron chi connectivity index (χ2n) is 7.19. The van der Waals surface area contributed by atoms with Gasteiger partial charge in [0.15, 0.2) is 0 Å². The molecule has 1 aliphatic carbocycles. The molecule has 2 N–H and O–H groups in total. The monoisotopic (exact) mass is 312 g/mol. The van der Waals surface area contributed by atoms with Crippen molar-refractivity contribution in [2.45, 2.75) is 57.6 Å². The molecule has 2 rings (SSSR count). The van der Waals surface area contributed by atoms with Crippen molar-refractivity contribution in [2.75, 3.05) is 13.7 Å². The van der Waals surface area contributed by atoms with E-state index in [1.165, 1.54) is 7.11 Å². The Labute approximate surface area is 130 Å². The molecule has 2 fully saturated rings. The van der Waals surface area contributed by atoms with E-state index in [1.54, 1.807) is 20.8 Å². The smallest absolute Gasteiger partial charge is 0.408 e. The lowest BCUT2D eigenvalue weighted by Gasteiger charge is -2.54. The molecule has 0 aromatic carbocycles. The summed E-state index contributed by atoms with van der Waals surface area (Å²) < 4.78 is 10.0. The summed E-state index contributed by atoms with van der Waals surface area (Å²) in [6, 6.07) is 0. The first-order valence-corrected chi connectivity index (χ1v) is 7.50. The Bertz CT molecular complexity index is 489. The molecular formula is C15H24N2O5. The van der Waals surface area contributed by atoms with E-state index >= 15 is 0 Å². The van der Waals surface area contributed by atoms with Crippen LogP contribution in [0.2, 0.25) is 0 Å². The number of carbonyl (C=O) groups is 3. The Hall–Kier alpha value is -1.79. The Morgan fingerprint density at radius 2 is 1.91 bits per heavy atom. The van der Waals surface area contributed by atoms with Gasteiger partial charge in [-0.1, -0.05) is 0 Å². The minimum Gasteiger partial charge on any atom is -0.467 e. The van der Waals surface area contributed by atoms with Gasteiger partial charge in [0.1, 0.15) is 11.1 Å². The van der Waals surface area contributed by atoms with Crippen molar-refractivity contribution in [3.63, 3.8) is 0 Å². The van der Waals surface area contributed by atoms with Crippen LogP contribution in [0.25, 0.3) is 0 Å². The van der Waals surface area contributed by atoms with Crippen LogP contribution in [0.1, 0.15) is 46.5 Å². The molecule has 0 aromatic heterocycles. The summed E-state index contributed by atoms with van der Waals surface area (Å²) >= 11 is 0. The number of alkyl carbamates (subject to hydrolysis) is 1. The van der Waals surface area contributed by atoms with Crippen LogP contribution in [0, 0.1) is 5.41 Å². The maximum absolute atomic E-state index is 12.1. The van der Waals surface area contributed by atoms with Crippen LogP contribution < -0.4 is 10.6 Å². The van der Waals surface area contributed by atoms with Crippen molar-refractivity contribution in [1.82, 2.24) is 10.6 Å². The predicted molar refractivity (Wildman–Crippen MR) is 78.0 cm³/mol. The lowest BCUT2D eigenvalue weighted by Crippen LogP contribution is -2.71. The summed E-state index contributed by atoms with van der Waals surface area (Å²) in [6.07, 6.45) is 1.40. The topological polar surface area (TPSA) is 93.7 Å². The van der Waals surface area contributed by atoms with Gasteiger partial charge in [0, 0.05) is 6.54 Å². The van der Waals surface area contributed by atoms with E-state index in [9.17, 15) is 14.4 Å². The fourth-order valence-electron chi connectivity index (χ4n) is 3.35. The number of piperidine rings is 1. The molecule has 124 valence electrons. The fourth-order valence-corrected chi connectivity index (χ4v) is 3.35. The van der Waals surface area contributed by atoms with Crippen LogP contribution in [0.4, 0.5) is 4.79 Å². The molecule has 0 bridgehead atoms. The molecule has 0 radical (unpaired) electrons. The molecule has 1 aliphatic heterocycles. The first-order chi connectivity index (χ1) is 10.1. The highest BCUT2D eigenvalue weighted by molar-refractivity contribution is 5.93. The fraction of sp³-hybridized carbons (Fsp3) is 0.800. The third kappa shape index (κ3) is 3.03. The van der Waals surface area contributed by atoms with Gasteiger partial charge in [0.05, 0.1) is 12.5 Å². The van der Waals surface area contributed by atoms with Gasteiger partial charge in [0.2, 0.25) is 5.91 Å². The van der Waals surface area contributed by atoms with Crippen LogP contribution in [-0.4, -0.2) is 42.8 Å². The highest BCUT2D eigenvalue weighted by atomic mass is 16.6. The Balaban J connectivity index is 2.10. The van der Waals surface area contributed by atoms with Crippen LogP contribution >= 0.6 is 0 Å². The predicted octanol–water partition coefficient (Wildman–Crippen LogP) is 1.11. The molecule has 1 heterocycles. The summed E-state index contributed by atoms with van der Waals surface area (Å²) in [5, 5.41) is 5.44. The van der Waals surface area contributed by atoms with Crippen LogP contribution in [0.3, 0.4) is 0 Å². The normalized spacial score (nSPS) is 31.0. The number of hydrogen-bond donors (Lipinski definition) is 2. The molecule has 22 heavy (non-hydrogen) atoms. The first-order valence-electron chi connectivity index (χ1n) is 7.50. The van der Waals surface area contributed by atoms with Gasteiger partial charge in [-0.15, -0.1) is 0 Å². The highest BCUT2D eigenvalue weighted by Gasteiger charge is 2.64. The number of esters is 1. The third-order valence-corrected chi connectivity index (χ3v) is 4.20. The van der Waals surface area contributed by atoms with Crippen LogP contribution in [-0.2, 0) is 19.1 Å². The second kappa shape index (κ2) is 5.44. The van der Waals surface area contributed by atoms with E-state index in [4.69, 9.17) is 9.47 Å². The largest absolute Gasteiger partial charge is 0.467 e. The van der Waals surface area contributed by atoms with Crippen molar-refractivity contribution in [3.8, 4) is 0 Å². The maximum Gasteiger partial charge on any atom is 0.408 e. The zero-order valence-corrected chi connectivity index (χ0v) is 13.6. The van der Waals surface area contributed by atoms with E-state index in [-0.39, 0.29) is 18.7 Å². The van der Waals surface area contributed by atoms with Crippen molar-refractivity contribution in [2.24, 2.45) is 5.41 Å². The van der Waals surface area contributed by atoms with E-state index < -0.39 is 28.6 Å². The molecule has 7 nitrogen and oxygen atoms in total. The quantitative estimate of drug-likeness (QED) is 0.745. The average Bonchev–Trinajstić information content (AvgIpc) is 2.36. The number of amides is 2. The molecule has 7 heteroatoms. The van der Waals surface area contributed by atoms with E-state index in [2.05, 4.69) is 10.6 Å². The maximum atomic E-state index is 12.1. The summed E-state index contributed by atoms with van der Waals surface area (Å²) in [5.74, 6) is -0.591. The van der Waals surface area contributed by atoms with Gasteiger partial charge in [-0.3, -0.25) is 4.79 Å². The van der Waals surface area contributed by atoms with Crippen LogP contribution in [0.5, 0.6) is 0 Å². The second-order valence-corrected chi connectivity index (χ2v) is 7.19. The number of rotatable bonds is 2. The Morgan fingerprint density at radius 3 is 2.41 bits per heavy atom. The molecule has 2 amide bonds. The van der Waals surface area contributed by atoms with Gasteiger partial charge in [0.25, 0.3) is 0 Å². The number of hydrogen-bond acceptors (Lipinski definition) is 5. The number of ether oxygens (including phenoxy) is 2. The standard InChI is InChI=1S/C15H24N2O5/c1-13(2,3)22-12(20)17-15(11(19)21-4)8-14(9-15)6-5-7-16-10(14)18/h5-9H2,1-4H3,(H,16,18)(H,17,20). The molecule has 0 aromatic rings. The van der Waals surface area contributed by atoms with Crippen molar-refractivity contribution < 1.29 is 23.9 Å². The van der Waals surface area contributed by atoms with Crippen molar-refractivity contribution in [3.05, 3.63) is 0 Å². The molecule has 0 unspecified atom stereocenters. The summed E-state index contributed by atoms with van der Waals surface area (Å²) in [5.41, 5.74) is -2.42. The van der Waals surface area contributed by atoms with E-state index in [0.717, 1.165) is 6.42 Å². The van der Waals surface area contributed by atoms with Crippen LogP contribution in [0.15, 0.2) is 0 Å². The molecule has 1 saturated carbocycles. The first kappa shape index (κ1) is 16.6. The van der Waals surface area contributed by atoms with Gasteiger partial charge in [-0.2, -0.15) is 0 Å². The summed E-state index contributed by atoms with van der Waals surface area (Å²) in [6.45, 7) is 5.89. The SMILES string of the molecule is COC(=O)C1(NC(=O)OC(C)(C)C)CC2(CCCNC2=O)C1. The summed E-state index contributed by atoms with van der Waals surface area (Å²) in [4.78, 5) is 36.2. The van der Waals surface area contributed by atoms with Gasteiger partial charge < -0.3 is 20.1 Å². The zero-order chi connectivity index (χ0) is 16.6. The highest BCUT2D eigenvalue weighted by Crippen LogP contribution is 2.53. The van der Waals surface area contributed by atoms with Gasteiger partial charge in [-0.25, -0.2) is 9.59 Å². The Morgan fingerprint density at radius 1 is 1.27 bits per heavy atom. The average molecular weight is 312 g/mol. The van der Waals surface area contributed by atoms with E-state index in [1.807, 2.05) is 0 Å².